The first-order valence-electron chi connectivity index (χ1n) is 7.53. The van der Waals surface area contributed by atoms with Crippen LogP contribution in [0.15, 0.2) is 29.2 Å². The lowest BCUT2D eigenvalue weighted by atomic mass is 9.94. The lowest BCUT2D eigenvalue weighted by Gasteiger charge is -2.33. The van der Waals surface area contributed by atoms with Gasteiger partial charge in [0.15, 0.2) is 0 Å². The van der Waals surface area contributed by atoms with Gasteiger partial charge in [0.25, 0.3) is 0 Å². The number of hydrogen-bond donors (Lipinski definition) is 2. The maximum Gasteiger partial charge on any atom is 0.247 e. The SMILES string of the molecule is CC(NCC1(O)CCOCC1)c1ccc(SCC(F)F)cc1. The van der Waals surface area contributed by atoms with Crippen LogP contribution in [0.2, 0.25) is 0 Å². The summed E-state index contributed by atoms with van der Waals surface area (Å²) < 4.78 is 29.6. The molecule has 6 heteroatoms. The highest BCUT2D eigenvalue weighted by molar-refractivity contribution is 7.99. The molecule has 0 amide bonds. The Kier molecular flexibility index (Phi) is 6.62. The van der Waals surface area contributed by atoms with Crippen LogP contribution in [0.5, 0.6) is 0 Å². The van der Waals surface area contributed by atoms with E-state index in [9.17, 15) is 13.9 Å². The normalized spacial score (nSPS) is 19.3. The highest BCUT2D eigenvalue weighted by Crippen LogP contribution is 2.24. The molecule has 0 radical (unpaired) electrons. The van der Waals surface area contributed by atoms with E-state index < -0.39 is 12.0 Å². The second-order valence-electron chi connectivity index (χ2n) is 5.71. The fraction of sp³-hybridized carbons (Fsp3) is 0.625. The van der Waals surface area contributed by atoms with Crippen molar-refractivity contribution in [1.29, 1.82) is 0 Å². The van der Waals surface area contributed by atoms with Gasteiger partial charge >= 0.3 is 0 Å². The summed E-state index contributed by atoms with van der Waals surface area (Å²) >= 11 is 1.16. The molecule has 1 unspecified atom stereocenters. The van der Waals surface area contributed by atoms with Crippen molar-refractivity contribution in [2.24, 2.45) is 0 Å². The van der Waals surface area contributed by atoms with Crippen molar-refractivity contribution < 1.29 is 18.6 Å². The second-order valence-corrected chi connectivity index (χ2v) is 6.80. The van der Waals surface area contributed by atoms with Crippen molar-refractivity contribution in [2.75, 3.05) is 25.5 Å². The molecule has 1 aromatic rings. The molecule has 124 valence electrons. The van der Waals surface area contributed by atoms with Crippen molar-refractivity contribution in [1.82, 2.24) is 5.32 Å². The highest BCUT2D eigenvalue weighted by atomic mass is 32.2. The molecular formula is C16H23F2NO2S. The smallest absolute Gasteiger partial charge is 0.247 e. The molecule has 0 aliphatic carbocycles. The van der Waals surface area contributed by atoms with E-state index in [0.717, 1.165) is 22.2 Å². The van der Waals surface area contributed by atoms with Gasteiger partial charge in [0.05, 0.1) is 11.4 Å². The molecule has 1 saturated heterocycles. The number of rotatable bonds is 7. The van der Waals surface area contributed by atoms with Crippen molar-refractivity contribution in [2.45, 2.75) is 42.7 Å². The maximum atomic E-state index is 12.2. The second kappa shape index (κ2) is 8.24. The van der Waals surface area contributed by atoms with Crippen LogP contribution in [0.1, 0.15) is 31.4 Å². The van der Waals surface area contributed by atoms with Crippen LogP contribution in [0.4, 0.5) is 8.78 Å². The molecule has 1 fully saturated rings. The van der Waals surface area contributed by atoms with Crippen LogP contribution in [0, 0.1) is 0 Å². The number of ether oxygens (including phenoxy) is 1. The van der Waals surface area contributed by atoms with Gasteiger partial charge in [-0.15, -0.1) is 11.8 Å². The lowest BCUT2D eigenvalue weighted by Crippen LogP contribution is -2.45. The van der Waals surface area contributed by atoms with E-state index in [4.69, 9.17) is 4.74 Å². The minimum Gasteiger partial charge on any atom is -0.388 e. The molecule has 1 atom stereocenters. The summed E-state index contributed by atoms with van der Waals surface area (Å²) in [6.07, 6.45) is -0.989. The van der Waals surface area contributed by atoms with Gasteiger partial charge in [-0.05, 0) is 24.6 Å². The number of nitrogens with one attached hydrogen (secondary N) is 1. The summed E-state index contributed by atoms with van der Waals surface area (Å²) in [5, 5.41) is 13.8. The molecule has 3 nitrogen and oxygen atoms in total. The quantitative estimate of drug-likeness (QED) is 0.753. The Hall–Kier alpha value is -0.690. The topological polar surface area (TPSA) is 41.5 Å². The van der Waals surface area contributed by atoms with E-state index in [1.165, 1.54) is 0 Å². The van der Waals surface area contributed by atoms with E-state index in [2.05, 4.69) is 5.32 Å². The van der Waals surface area contributed by atoms with Crippen LogP contribution in [0.25, 0.3) is 0 Å². The molecule has 1 heterocycles. The number of aliphatic hydroxyl groups is 1. The Bertz CT molecular complexity index is 450. The summed E-state index contributed by atoms with van der Waals surface area (Å²) in [5.74, 6) is -0.178. The molecule has 1 aromatic carbocycles. The Morgan fingerprint density at radius 1 is 1.27 bits per heavy atom. The van der Waals surface area contributed by atoms with E-state index >= 15 is 0 Å². The number of alkyl halides is 2. The third kappa shape index (κ3) is 5.50. The zero-order valence-electron chi connectivity index (χ0n) is 12.7. The summed E-state index contributed by atoms with van der Waals surface area (Å²) in [5.41, 5.74) is 0.386. The summed E-state index contributed by atoms with van der Waals surface area (Å²) in [6, 6.07) is 7.72. The Labute approximate surface area is 134 Å². The van der Waals surface area contributed by atoms with Crippen LogP contribution < -0.4 is 5.32 Å². The molecule has 2 N–H and O–H groups in total. The van der Waals surface area contributed by atoms with E-state index in [0.29, 0.717) is 32.6 Å². The first-order valence-corrected chi connectivity index (χ1v) is 8.51. The fourth-order valence-corrected chi connectivity index (χ4v) is 3.05. The van der Waals surface area contributed by atoms with E-state index in [-0.39, 0.29) is 11.8 Å². The zero-order valence-corrected chi connectivity index (χ0v) is 13.5. The van der Waals surface area contributed by atoms with Gasteiger partial charge in [0.1, 0.15) is 0 Å². The van der Waals surface area contributed by atoms with Gasteiger partial charge in [-0.1, -0.05) is 12.1 Å². The average Bonchev–Trinajstić information content (AvgIpc) is 2.52. The predicted molar refractivity (Wildman–Crippen MR) is 84.6 cm³/mol. The number of hydrogen-bond acceptors (Lipinski definition) is 4. The van der Waals surface area contributed by atoms with Crippen molar-refractivity contribution in [3.8, 4) is 0 Å². The van der Waals surface area contributed by atoms with Gasteiger partial charge < -0.3 is 15.2 Å². The molecule has 0 saturated carbocycles. The molecule has 0 spiro atoms. The monoisotopic (exact) mass is 331 g/mol. The van der Waals surface area contributed by atoms with E-state index in [1.807, 2.05) is 31.2 Å². The molecule has 0 aromatic heterocycles. The minimum absolute atomic E-state index is 0.0982. The van der Waals surface area contributed by atoms with E-state index in [1.54, 1.807) is 0 Å². The average molecular weight is 331 g/mol. The summed E-state index contributed by atoms with van der Waals surface area (Å²) in [7, 11) is 0. The number of halogens is 2. The first-order chi connectivity index (χ1) is 10.5. The van der Waals surface area contributed by atoms with Gasteiger partial charge in [0, 0.05) is 43.5 Å². The largest absolute Gasteiger partial charge is 0.388 e. The van der Waals surface area contributed by atoms with Crippen molar-refractivity contribution in [3.05, 3.63) is 29.8 Å². The van der Waals surface area contributed by atoms with Gasteiger partial charge in [-0.25, -0.2) is 8.78 Å². The number of benzene rings is 1. The highest BCUT2D eigenvalue weighted by Gasteiger charge is 2.29. The molecule has 1 aliphatic heterocycles. The number of thioether (sulfide) groups is 1. The molecule has 0 bridgehead atoms. The van der Waals surface area contributed by atoms with Crippen molar-refractivity contribution >= 4 is 11.8 Å². The third-order valence-corrected chi connectivity index (χ3v) is 4.94. The van der Waals surface area contributed by atoms with Gasteiger partial charge in [0.2, 0.25) is 6.43 Å². The van der Waals surface area contributed by atoms with Crippen LogP contribution >= 0.6 is 11.8 Å². The zero-order chi connectivity index (χ0) is 16.0. The van der Waals surface area contributed by atoms with Crippen LogP contribution in [0.3, 0.4) is 0 Å². The molecule has 1 aliphatic rings. The molecule has 22 heavy (non-hydrogen) atoms. The van der Waals surface area contributed by atoms with Crippen molar-refractivity contribution in [3.63, 3.8) is 0 Å². The summed E-state index contributed by atoms with van der Waals surface area (Å²) in [4.78, 5) is 0.847. The minimum atomic E-state index is -2.29. The Morgan fingerprint density at radius 3 is 2.50 bits per heavy atom. The van der Waals surface area contributed by atoms with Gasteiger partial charge in [-0.2, -0.15) is 0 Å². The Morgan fingerprint density at radius 2 is 1.91 bits per heavy atom. The first kappa shape index (κ1) is 17.7. The third-order valence-electron chi connectivity index (χ3n) is 3.92. The summed E-state index contributed by atoms with van der Waals surface area (Å²) in [6.45, 7) is 3.76. The predicted octanol–water partition coefficient (Wildman–Crippen LogP) is 3.24. The molecular weight excluding hydrogens is 308 g/mol. The maximum absolute atomic E-state index is 12.2. The van der Waals surface area contributed by atoms with Gasteiger partial charge in [-0.3, -0.25) is 0 Å². The Balaban J connectivity index is 1.82. The lowest BCUT2D eigenvalue weighted by molar-refractivity contribution is -0.0626. The van der Waals surface area contributed by atoms with Crippen LogP contribution in [-0.2, 0) is 4.74 Å². The standard InChI is InChI=1S/C16H23F2NO2S/c1-12(19-11-16(20)6-8-21-9-7-16)13-2-4-14(5-3-13)22-10-15(17)18/h2-5,12,15,19-20H,6-11H2,1H3. The fourth-order valence-electron chi connectivity index (χ4n) is 2.40. The molecule has 2 rings (SSSR count). The van der Waals surface area contributed by atoms with Crippen LogP contribution in [-0.4, -0.2) is 42.6 Å².